The van der Waals surface area contributed by atoms with Gasteiger partial charge >= 0.3 is 0 Å². The van der Waals surface area contributed by atoms with E-state index < -0.39 is 6.04 Å². The molecule has 162 valence electrons. The number of nitrogens with zero attached hydrogens (tertiary/aromatic N) is 1. The summed E-state index contributed by atoms with van der Waals surface area (Å²) in [6.07, 6.45) is 0. The molecule has 0 aliphatic carbocycles. The summed E-state index contributed by atoms with van der Waals surface area (Å²) in [5.41, 5.74) is 3.00. The molecule has 1 N–H and O–H groups in total. The van der Waals surface area contributed by atoms with Crippen molar-refractivity contribution in [3.8, 4) is 5.75 Å². The van der Waals surface area contributed by atoms with Gasteiger partial charge in [-0.05, 0) is 75.6 Å². The third-order valence-corrected chi connectivity index (χ3v) is 5.51. The van der Waals surface area contributed by atoms with Gasteiger partial charge in [0.2, 0.25) is 5.91 Å². The number of halogens is 2. The highest BCUT2D eigenvalue weighted by atomic mass is 35.5. The second kappa shape index (κ2) is 10.7. The predicted molar refractivity (Wildman–Crippen MR) is 121 cm³/mol. The van der Waals surface area contributed by atoms with Crippen molar-refractivity contribution in [2.24, 2.45) is 0 Å². The Labute approximate surface area is 188 Å². The van der Waals surface area contributed by atoms with Crippen LogP contribution in [-0.2, 0) is 16.1 Å². The summed E-state index contributed by atoms with van der Waals surface area (Å²) >= 11 is 12.1. The minimum Gasteiger partial charge on any atom is -0.484 e. The Morgan fingerprint density at radius 2 is 1.70 bits per heavy atom. The van der Waals surface area contributed by atoms with Gasteiger partial charge in [0, 0.05) is 12.6 Å². The summed E-state index contributed by atoms with van der Waals surface area (Å²) in [4.78, 5) is 27.1. The van der Waals surface area contributed by atoms with E-state index in [9.17, 15) is 9.59 Å². The van der Waals surface area contributed by atoms with Crippen LogP contribution in [0.25, 0.3) is 0 Å². The first kappa shape index (κ1) is 24.0. The molecule has 0 radical (unpaired) electrons. The zero-order valence-corrected chi connectivity index (χ0v) is 19.5. The van der Waals surface area contributed by atoms with Gasteiger partial charge in [-0.25, -0.2) is 0 Å². The lowest BCUT2D eigenvalue weighted by molar-refractivity contribution is -0.142. The van der Waals surface area contributed by atoms with Crippen molar-refractivity contribution >= 4 is 35.0 Å². The largest absolute Gasteiger partial charge is 0.484 e. The number of ether oxygens (including phenoxy) is 1. The average Bonchev–Trinajstić information content (AvgIpc) is 2.68. The van der Waals surface area contributed by atoms with Crippen molar-refractivity contribution in [1.82, 2.24) is 10.2 Å². The molecule has 0 fully saturated rings. The number of rotatable bonds is 8. The van der Waals surface area contributed by atoms with Crippen LogP contribution in [0, 0.1) is 13.8 Å². The normalized spacial score (nSPS) is 11.9. The Bertz CT molecular complexity index is 915. The summed E-state index contributed by atoms with van der Waals surface area (Å²) in [7, 11) is 0. The lowest BCUT2D eigenvalue weighted by atomic mass is 10.1. The van der Waals surface area contributed by atoms with Gasteiger partial charge in [-0.3, -0.25) is 9.59 Å². The third kappa shape index (κ3) is 6.64. The fourth-order valence-corrected chi connectivity index (χ4v) is 3.17. The van der Waals surface area contributed by atoms with Crippen LogP contribution in [0.15, 0.2) is 36.4 Å². The SMILES string of the molecule is Cc1ccc(OCC(=O)N(Cc2ccc(Cl)c(Cl)c2)[C@H](C)C(=O)NC(C)C)cc1C. The standard InChI is InChI=1S/C23H28Cl2N2O3/c1-14(2)26-23(29)17(5)27(12-18-7-9-20(24)21(25)11-18)22(28)13-30-19-8-6-15(3)16(4)10-19/h6-11,14,17H,12-13H2,1-5H3,(H,26,29)/t17-/m1/s1. The van der Waals surface area contributed by atoms with E-state index in [0.717, 1.165) is 16.7 Å². The predicted octanol–water partition coefficient (Wildman–Crippen LogP) is 4.93. The lowest BCUT2D eigenvalue weighted by Gasteiger charge is -2.29. The van der Waals surface area contributed by atoms with Crippen LogP contribution in [0.4, 0.5) is 0 Å². The maximum Gasteiger partial charge on any atom is 0.261 e. The molecule has 0 saturated carbocycles. The van der Waals surface area contributed by atoms with Crippen molar-refractivity contribution < 1.29 is 14.3 Å². The highest BCUT2D eigenvalue weighted by molar-refractivity contribution is 6.42. The minimum atomic E-state index is -0.683. The molecule has 0 aliphatic heterocycles. The van der Waals surface area contributed by atoms with Gasteiger partial charge in [0.05, 0.1) is 10.0 Å². The smallest absolute Gasteiger partial charge is 0.261 e. The Balaban J connectivity index is 2.19. The van der Waals surface area contributed by atoms with Gasteiger partial charge in [0.15, 0.2) is 6.61 Å². The summed E-state index contributed by atoms with van der Waals surface area (Å²) in [5.74, 6) is 0.0792. The zero-order valence-electron chi connectivity index (χ0n) is 18.0. The zero-order chi connectivity index (χ0) is 22.4. The highest BCUT2D eigenvalue weighted by Crippen LogP contribution is 2.24. The van der Waals surface area contributed by atoms with Crippen molar-refractivity contribution in [2.75, 3.05) is 6.61 Å². The Kier molecular flexibility index (Phi) is 8.56. The van der Waals surface area contributed by atoms with E-state index in [1.54, 1.807) is 25.1 Å². The van der Waals surface area contributed by atoms with Gasteiger partial charge in [0.1, 0.15) is 11.8 Å². The maximum atomic E-state index is 13.0. The lowest BCUT2D eigenvalue weighted by Crippen LogP contribution is -2.50. The molecule has 0 aliphatic rings. The number of carbonyl (C=O) groups excluding carboxylic acids is 2. The second-order valence-corrected chi connectivity index (χ2v) is 8.46. The number of aryl methyl sites for hydroxylation is 2. The summed E-state index contributed by atoms with van der Waals surface area (Å²) < 4.78 is 5.71. The van der Waals surface area contributed by atoms with E-state index in [1.165, 1.54) is 4.90 Å². The molecular weight excluding hydrogens is 423 g/mol. The molecule has 1 atom stereocenters. The van der Waals surface area contributed by atoms with Crippen LogP contribution in [0.2, 0.25) is 10.0 Å². The molecule has 0 spiro atoms. The van der Waals surface area contributed by atoms with E-state index in [1.807, 2.05) is 45.9 Å². The van der Waals surface area contributed by atoms with Gasteiger partial charge < -0.3 is 15.0 Å². The van der Waals surface area contributed by atoms with Crippen molar-refractivity contribution in [3.05, 3.63) is 63.1 Å². The highest BCUT2D eigenvalue weighted by Gasteiger charge is 2.27. The molecule has 0 unspecified atom stereocenters. The number of hydrogen-bond donors (Lipinski definition) is 1. The molecule has 30 heavy (non-hydrogen) atoms. The first-order valence-electron chi connectivity index (χ1n) is 9.82. The monoisotopic (exact) mass is 450 g/mol. The minimum absolute atomic E-state index is 0.0336. The topological polar surface area (TPSA) is 58.6 Å². The van der Waals surface area contributed by atoms with Crippen LogP contribution in [0.5, 0.6) is 5.75 Å². The van der Waals surface area contributed by atoms with Crippen LogP contribution < -0.4 is 10.1 Å². The molecule has 0 saturated heterocycles. The van der Waals surface area contributed by atoms with Crippen molar-refractivity contribution in [2.45, 2.75) is 53.2 Å². The fourth-order valence-electron chi connectivity index (χ4n) is 2.85. The molecular formula is C23H28Cl2N2O3. The Hall–Kier alpha value is -2.24. The first-order valence-corrected chi connectivity index (χ1v) is 10.6. The molecule has 2 amide bonds. The maximum absolute atomic E-state index is 13.0. The van der Waals surface area contributed by atoms with Crippen molar-refractivity contribution in [1.29, 1.82) is 0 Å². The molecule has 0 bridgehead atoms. The van der Waals surface area contributed by atoms with Crippen LogP contribution in [0.1, 0.15) is 37.5 Å². The molecule has 2 aromatic carbocycles. The van der Waals surface area contributed by atoms with E-state index in [0.29, 0.717) is 15.8 Å². The molecule has 0 aromatic heterocycles. The Morgan fingerprint density at radius 3 is 2.30 bits per heavy atom. The van der Waals surface area contributed by atoms with E-state index in [4.69, 9.17) is 27.9 Å². The van der Waals surface area contributed by atoms with Crippen LogP contribution in [0.3, 0.4) is 0 Å². The number of nitrogens with one attached hydrogen (secondary N) is 1. The van der Waals surface area contributed by atoms with E-state index >= 15 is 0 Å². The molecule has 5 nitrogen and oxygen atoms in total. The fraction of sp³-hybridized carbons (Fsp3) is 0.391. The number of benzene rings is 2. The molecule has 0 heterocycles. The van der Waals surface area contributed by atoms with Gasteiger partial charge in [-0.15, -0.1) is 0 Å². The summed E-state index contributed by atoms with van der Waals surface area (Å²) in [6.45, 7) is 9.47. The average molecular weight is 451 g/mol. The van der Waals surface area contributed by atoms with Crippen LogP contribution in [-0.4, -0.2) is 35.4 Å². The van der Waals surface area contributed by atoms with Gasteiger partial charge in [-0.2, -0.15) is 0 Å². The molecule has 7 heteroatoms. The molecule has 2 aromatic rings. The number of carbonyl (C=O) groups is 2. The van der Waals surface area contributed by atoms with Gasteiger partial charge in [-0.1, -0.05) is 35.3 Å². The molecule has 2 rings (SSSR count). The Morgan fingerprint density at radius 1 is 1.00 bits per heavy atom. The van der Waals surface area contributed by atoms with E-state index in [-0.39, 0.29) is 31.0 Å². The third-order valence-electron chi connectivity index (χ3n) is 4.78. The van der Waals surface area contributed by atoms with E-state index in [2.05, 4.69) is 5.32 Å². The summed E-state index contributed by atoms with van der Waals surface area (Å²) in [6, 6.07) is 10.1. The number of hydrogen-bond acceptors (Lipinski definition) is 3. The number of amides is 2. The summed E-state index contributed by atoms with van der Waals surface area (Å²) in [5, 5.41) is 3.68. The van der Waals surface area contributed by atoms with Crippen molar-refractivity contribution in [3.63, 3.8) is 0 Å². The quantitative estimate of drug-likeness (QED) is 0.619. The second-order valence-electron chi connectivity index (χ2n) is 7.64. The van der Waals surface area contributed by atoms with Gasteiger partial charge in [0.25, 0.3) is 5.91 Å². The van der Waals surface area contributed by atoms with Crippen LogP contribution >= 0.6 is 23.2 Å². The first-order chi connectivity index (χ1) is 14.1.